The Kier molecular flexibility index (Phi) is 15.1. The zero-order chi connectivity index (χ0) is 18.0. The predicted octanol–water partition coefficient (Wildman–Crippen LogP) is 6.42. The molecular formula is C22H40O2Si. The number of hydrogen-bond acceptors (Lipinski definition) is 2. The lowest BCUT2D eigenvalue weighted by molar-refractivity contribution is 0.212. The largest absolute Gasteiger partial charge is 0.397 e. The SMILES string of the molecule is CCO[SiH](CCCCCCCCCCCCc1ccccc1)OCC. The summed E-state index contributed by atoms with van der Waals surface area (Å²) in [6.07, 6.45) is 15.0. The van der Waals surface area contributed by atoms with Crippen LogP contribution in [0.5, 0.6) is 0 Å². The second-order valence-corrected chi connectivity index (χ2v) is 9.00. The van der Waals surface area contributed by atoms with Gasteiger partial charge in [-0.3, -0.25) is 0 Å². The Balaban J connectivity index is 1.81. The molecule has 1 rings (SSSR count). The molecule has 0 unspecified atom stereocenters. The molecule has 0 aliphatic rings. The topological polar surface area (TPSA) is 18.5 Å². The molecule has 0 amide bonds. The molecule has 0 N–H and O–H groups in total. The van der Waals surface area contributed by atoms with E-state index in [1.54, 1.807) is 0 Å². The average molecular weight is 365 g/mol. The van der Waals surface area contributed by atoms with Gasteiger partial charge in [0.15, 0.2) is 0 Å². The molecule has 0 fully saturated rings. The van der Waals surface area contributed by atoms with Gasteiger partial charge in [-0.15, -0.1) is 0 Å². The van der Waals surface area contributed by atoms with Crippen molar-refractivity contribution in [3.63, 3.8) is 0 Å². The molecule has 25 heavy (non-hydrogen) atoms. The second-order valence-electron chi connectivity index (χ2n) is 6.90. The van der Waals surface area contributed by atoms with E-state index in [9.17, 15) is 0 Å². The van der Waals surface area contributed by atoms with Crippen molar-refractivity contribution >= 4 is 9.28 Å². The summed E-state index contributed by atoms with van der Waals surface area (Å²) < 4.78 is 11.4. The summed E-state index contributed by atoms with van der Waals surface area (Å²) in [4.78, 5) is 0. The summed E-state index contributed by atoms with van der Waals surface area (Å²) in [6, 6.07) is 12.1. The maximum atomic E-state index is 5.72. The molecule has 0 aliphatic carbocycles. The molecule has 1 aromatic rings. The van der Waals surface area contributed by atoms with Crippen LogP contribution in [0.15, 0.2) is 30.3 Å². The van der Waals surface area contributed by atoms with Crippen molar-refractivity contribution in [2.75, 3.05) is 13.2 Å². The molecular weight excluding hydrogens is 324 g/mol. The van der Waals surface area contributed by atoms with Crippen LogP contribution in [0.2, 0.25) is 6.04 Å². The van der Waals surface area contributed by atoms with Gasteiger partial charge in [0, 0.05) is 13.2 Å². The number of aryl methyl sites for hydroxylation is 1. The summed E-state index contributed by atoms with van der Waals surface area (Å²) in [5.41, 5.74) is 1.49. The second kappa shape index (κ2) is 16.8. The fraction of sp³-hybridized carbons (Fsp3) is 0.727. The number of hydrogen-bond donors (Lipinski definition) is 0. The molecule has 0 radical (unpaired) electrons. The van der Waals surface area contributed by atoms with E-state index in [0.717, 1.165) is 13.2 Å². The molecule has 3 heteroatoms. The van der Waals surface area contributed by atoms with Crippen molar-refractivity contribution in [1.82, 2.24) is 0 Å². The molecule has 0 aromatic heterocycles. The van der Waals surface area contributed by atoms with Crippen LogP contribution in [0.3, 0.4) is 0 Å². The zero-order valence-electron chi connectivity index (χ0n) is 16.7. The van der Waals surface area contributed by atoms with Crippen molar-refractivity contribution in [2.45, 2.75) is 90.5 Å². The van der Waals surface area contributed by atoms with Gasteiger partial charge >= 0.3 is 9.28 Å². The maximum Gasteiger partial charge on any atom is 0.321 e. The van der Waals surface area contributed by atoms with Crippen molar-refractivity contribution in [2.24, 2.45) is 0 Å². The Morgan fingerprint density at radius 3 is 1.64 bits per heavy atom. The Bertz CT molecular complexity index is 377. The van der Waals surface area contributed by atoms with Gasteiger partial charge in [0.2, 0.25) is 0 Å². The third-order valence-corrected chi connectivity index (χ3v) is 6.99. The summed E-state index contributed by atoms with van der Waals surface area (Å²) in [5, 5.41) is 0. The van der Waals surface area contributed by atoms with Gasteiger partial charge in [0.05, 0.1) is 0 Å². The predicted molar refractivity (Wildman–Crippen MR) is 112 cm³/mol. The number of rotatable bonds is 17. The van der Waals surface area contributed by atoms with Gasteiger partial charge < -0.3 is 8.85 Å². The standard InChI is InChI=1S/C22H40O2Si/c1-3-23-25(24-4-2)21-17-12-10-8-6-5-7-9-11-14-18-22-19-15-13-16-20-22/h13,15-16,19-20,25H,3-12,14,17-18,21H2,1-2H3. The first-order chi connectivity index (χ1) is 12.4. The molecule has 144 valence electrons. The molecule has 0 aliphatic heterocycles. The summed E-state index contributed by atoms with van der Waals surface area (Å²) in [6.45, 7) is 5.76. The molecule has 0 spiro atoms. The fourth-order valence-electron chi connectivity index (χ4n) is 3.29. The van der Waals surface area contributed by atoms with E-state index in [2.05, 4.69) is 44.2 Å². The first kappa shape index (κ1) is 22.4. The normalized spacial score (nSPS) is 11.3. The molecule has 0 saturated heterocycles. The van der Waals surface area contributed by atoms with Gasteiger partial charge in [-0.1, -0.05) is 88.1 Å². The maximum absolute atomic E-state index is 5.72. The molecule has 0 atom stereocenters. The molecule has 0 saturated carbocycles. The Labute approximate surface area is 158 Å². The zero-order valence-corrected chi connectivity index (χ0v) is 17.8. The minimum absolute atomic E-state index is 0.808. The highest BCUT2D eigenvalue weighted by Crippen LogP contribution is 2.14. The van der Waals surface area contributed by atoms with Crippen molar-refractivity contribution in [1.29, 1.82) is 0 Å². The minimum Gasteiger partial charge on any atom is -0.397 e. The lowest BCUT2D eigenvalue weighted by Crippen LogP contribution is -2.22. The average Bonchev–Trinajstić information content (AvgIpc) is 2.64. The van der Waals surface area contributed by atoms with Crippen LogP contribution in [-0.4, -0.2) is 22.5 Å². The van der Waals surface area contributed by atoms with Crippen LogP contribution in [0.1, 0.15) is 83.6 Å². The smallest absolute Gasteiger partial charge is 0.321 e. The first-order valence-electron chi connectivity index (χ1n) is 10.6. The molecule has 0 bridgehead atoms. The highest BCUT2D eigenvalue weighted by atomic mass is 28.3. The lowest BCUT2D eigenvalue weighted by Gasteiger charge is -2.14. The van der Waals surface area contributed by atoms with Crippen LogP contribution >= 0.6 is 0 Å². The number of benzene rings is 1. The van der Waals surface area contributed by atoms with Gasteiger partial charge in [-0.05, 0) is 38.3 Å². The van der Waals surface area contributed by atoms with Crippen LogP contribution in [0.25, 0.3) is 0 Å². The Hall–Kier alpha value is -0.643. The third-order valence-electron chi connectivity index (χ3n) is 4.70. The summed E-state index contributed by atoms with van der Waals surface area (Å²) >= 11 is 0. The quantitative estimate of drug-likeness (QED) is 0.234. The van der Waals surface area contributed by atoms with Crippen molar-refractivity contribution in [3.8, 4) is 0 Å². The van der Waals surface area contributed by atoms with E-state index < -0.39 is 9.28 Å². The van der Waals surface area contributed by atoms with Crippen LogP contribution in [0, 0.1) is 0 Å². The highest BCUT2D eigenvalue weighted by molar-refractivity contribution is 6.44. The Morgan fingerprint density at radius 1 is 0.640 bits per heavy atom. The third kappa shape index (κ3) is 13.2. The van der Waals surface area contributed by atoms with Gasteiger partial charge in [0.25, 0.3) is 0 Å². The summed E-state index contributed by atoms with van der Waals surface area (Å²) in [5.74, 6) is 0. The van der Waals surface area contributed by atoms with Gasteiger partial charge in [-0.25, -0.2) is 0 Å². The van der Waals surface area contributed by atoms with E-state index in [0.29, 0.717) is 0 Å². The van der Waals surface area contributed by atoms with Crippen LogP contribution in [-0.2, 0) is 15.3 Å². The van der Waals surface area contributed by atoms with E-state index in [4.69, 9.17) is 8.85 Å². The fourth-order valence-corrected chi connectivity index (χ4v) is 5.08. The number of unbranched alkanes of at least 4 members (excludes halogenated alkanes) is 9. The van der Waals surface area contributed by atoms with Crippen LogP contribution in [0.4, 0.5) is 0 Å². The molecule has 0 heterocycles. The molecule has 1 aromatic carbocycles. The van der Waals surface area contributed by atoms with Gasteiger partial charge in [0.1, 0.15) is 0 Å². The highest BCUT2D eigenvalue weighted by Gasteiger charge is 2.10. The minimum atomic E-state index is -1.34. The van der Waals surface area contributed by atoms with E-state index >= 15 is 0 Å². The van der Waals surface area contributed by atoms with E-state index in [-0.39, 0.29) is 0 Å². The van der Waals surface area contributed by atoms with Crippen LogP contribution < -0.4 is 0 Å². The van der Waals surface area contributed by atoms with Crippen molar-refractivity contribution < 1.29 is 8.85 Å². The summed E-state index contributed by atoms with van der Waals surface area (Å²) in [7, 11) is -1.34. The van der Waals surface area contributed by atoms with E-state index in [1.165, 1.54) is 82.2 Å². The molecule has 2 nitrogen and oxygen atoms in total. The monoisotopic (exact) mass is 364 g/mol. The van der Waals surface area contributed by atoms with E-state index in [1.807, 2.05) is 0 Å². The first-order valence-corrected chi connectivity index (χ1v) is 12.4. The lowest BCUT2D eigenvalue weighted by atomic mass is 10.0. The van der Waals surface area contributed by atoms with Gasteiger partial charge in [-0.2, -0.15) is 0 Å². The van der Waals surface area contributed by atoms with Crippen molar-refractivity contribution in [3.05, 3.63) is 35.9 Å². The Morgan fingerprint density at radius 2 is 1.12 bits per heavy atom.